The number of hydrogen-bond acceptors (Lipinski definition) is 8. The molecule has 0 bridgehead atoms. The molecule has 0 aliphatic carbocycles. The van der Waals surface area contributed by atoms with Crippen LogP contribution < -0.4 is 10.6 Å². The minimum atomic E-state index is -0.490. The van der Waals surface area contributed by atoms with Crippen LogP contribution in [0.25, 0.3) is 5.57 Å². The van der Waals surface area contributed by atoms with Crippen molar-refractivity contribution >= 4 is 28.3 Å². The lowest BCUT2D eigenvalue weighted by molar-refractivity contribution is -0.384. The molecule has 3 rings (SSSR count). The van der Waals surface area contributed by atoms with Gasteiger partial charge < -0.3 is 10.6 Å². The third-order valence-electron chi connectivity index (χ3n) is 3.59. The molecule has 0 amide bonds. The Morgan fingerprint density at radius 3 is 2.81 bits per heavy atom. The average Bonchev–Trinajstić information content (AvgIpc) is 3.18. The summed E-state index contributed by atoms with van der Waals surface area (Å²) in [5, 5.41) is 39.6. The van der Waals surface area contributed by atoms with Crippen LogP contribution in [0.15, 0.2) is 48.7 Å². The van der Waals surface area contributed by atoms with Crippen molar-refractivity contribution in [2.24, 2.45) is 0 Å². The summed E-state index contributed by atoms with van der Waals surface area (Å²) < 4.78 is 0. The van der Waals surface area contributed by atoms with E-state index in [1.54, 1.807) is 6.07 Å². The quantitative estimate of drug-likeness (QED) is 0.344. The van der Waals surface area contributed by atoms with E-state index in [-0.39, 0.29) is 17.1 Å². The molecule has 0 unspecified atom stereocenters. The van der Waals surface area contributed by atoms with Crippen LogP contribution in [0.4, 0.5) is 22.7 Å². The maximum Gasteiger partial charge on any atom is 0.271 e. The number of benzene rings is 2. The summed E-state index contributed by atoms with van der Waals surface area (Å²) >= 11 is 0. The lowest BCUT2D eigenvalue weighted by Crippen LogP contribution is -2.00. The zero-order valence-corrected chi connectivity index (χ0v) is 14.2. The number of aryl methyl sites for hydroxylation is 1. The number of aromatic amines is 1. The lowest BCUT2D eigenvalue weighted by atomic mass is 10.2. The van der Waals surface area contributed by atoms with Gasteiger partial charge in [-0.1, -0.05) is 12.1 Å². The fourth-order valence-electron chi connectivity index (χ4n) is 2.33. The third kappa shape index (κ3) is 4.23. The fraction of sp³-hybridized carbons (Fsp3) is 0.0588. The van der Waals surface area contributed by atoms with Crippen molar-refractivity contribution in [2.45, 2.75) is 6.92 Å². The first kappa shape index (κ1) is 17.6. The molecule has 134 valence electrons. The first-order valence-electron chi connectivity index (χ1n) is 7.79. The highest BCUT2D eigenvalue weighted by Gasteiger charge is 2.12. The van der Waals surface area contributed by atoms with Gasteiger partial charge in [-0.3, -0.25) is 10.1 Å². The number of aromatic nitrogens is 4. The Labute approximate surface area is 153 Å². The topological polar surface area (TPSA) is 145 Å². The minimum absolute atomic E-state index is 0.0845. The molecular weight excluding hydrogens is 348 g/mol. The van der Waals surface area contributed by atoms with E-state index < -0.39 is 4.92 Å². The Bertz CT molecular complexity index is 1040. The van der Waals surface area contributed by atoms with Crippen LogP contribution in [0.1, 0.15) is 11.4 Å². The summed E-state index contributed by atoms with van der Waals surface area (Å²) in [7, 11) is 0. The minimum Gasteiger partial charge on any atom is -0.358 e. The highest BCUT2D eigenvalue weighted by Crippen LogP contribution is 2.30. The third-order valence-corrected chi connectivity index (χ3v) is 3.59. The second-order valence-electron chi connectivity index (χ2n) is 5.53. The molecule has 0 aliphatic rings. The predicted molar refractivity (Wildman–Crippen MR) is 98.9 cm³/mol. The van der Waals surface area contributed by atoms with Crippen LogP contribution in [0.3, 0.4) is 0 Å². The largest absolute Gasteiger partial charge is 0.358 e. The van der Waals surface area contributed by atoms with Crippen molar-refractivity contribution in [1.82, 2.24) is 20.6 Å². The van der Waals surface area contributed by atoms with Crippen molar-refractivity contribution in [2.75, 3.05) is 10.6 Å². The van der Waals surface area contributed by atoms with Crippen molar-refractivity contribution < 1.29 is 4.92 Å². The van der Waals surface area contributed by atoms with Crippen molar-refractivity contribution in [3.05, 3.63) is 70.2 Å². The fourth-order valence-corrected chi connectivity index (χ4v) is 2.33. The number of rotatable bonds is 6. The number of tetrazole rings is 1. The number of allylic oxidation sites excluding steroid dienone is 1. The normalized spacial score (nSPS) is 10.9. The monoisotopic (exact) mass is 362 g/mol. The first-order chi connectivity index (χ1) is 13.1. The molecule has 1 heterocycles. The van der Waals surface area contributed by atoms with Gasteiger partial charge in [0.2, 0.25) is 5.82 Å². The van der Waals surface area contributed by atoms with E-state index in [2.05, 4.69) is 31.3 Å². The van der Waals surface area contributed by atoms with E-state index >= 15 is 0 Å². The molecule has 0 aliphatic heterocycles. The van der Waals surface area contributed by atoms with E-state index in [0.717, 1.165) is 11.3 Å². The number of hydrogen-bond donors (Lipinski definition) is 3. The predicted octanol–water partition coefficient (Wildman–Crippen LogP) is 3.14. The highest BCUT2D eigenvalue weighted by molar-refractivity contribution is 5.80. The maximum atomic E-state index is 11.1. The van der Waals surface area contributed by atoms with Crippen LogP contribution >= 0.6 is 0 Å². The molecule has 10 heteroatoms. The van der Waals surface area contributed by atoms with E-state index in [0.29, 0.717) is 11.4 Å². The van der Waals surface area contributed by atoms with Gasteiger partial charge in [0.1, 0.15) is 11.6 Å². The molecule has 0 fully saturated rings. The smallest absolute Gasteiger partial charge is 0.271 e. The molecule has 3 N–H and O–H groups in total. The molecular formula is C17H14N8O2. The van der Waals surface area contributed by atoms with E-state index in [1.165, 1.54) is 18.3 Å². The maximum absolute atomic E-state index is 11.1. The summed E-state index contributed by atoms with van der Waals surface area (Å²) in [5.41, 5.74) is 2.96. The van der Waals surface area contributed by atoms with Crippen molar-refractivity contribution in [3.63, 3.8) is 0 Å². The number of nitrogens with zero attached hydrogens (tertiary/aromatic N) is 5. The van der Waals surface area contributed by atoms with Crippen molar-refractivity contribution in [3.8, 4) is 6.07 Å². The molecule has 1 aromatic heterocycles. The second kappa shape index (κ2) is 7.75. The van der Waals surface area contributed by atoms with Crippen LogP contribution in [0.2, 0.25) is 0 Å². The molecule has 2 aromatic carbocycles. The lowest BCUT2D eigenvalue weighted by Gasteiger charge is -2.12. The van der Waals surface area contributed by atoms with Crippen LogP contribution in [0.5, 0.6) is 0 Å². The first-order valence-corrected chi connectivity index (χ1v) is 7.79. The number of anilines is 3. The highest BCUT2D eigenvalue weighted by atomic mass is 16.6. The molecule has 0 saturated carbocycles. The number of nitro groups is 1. The Morgan fingerprint density at radius 1 is 1.30 bits per heavy atom. The number of nitrogens with one attached hydrogen (secondary N) is 3. The van der Waals surface area contributed by atoms with Gasteiger partial charge >= 0.3 is 0 Å². The zero-order chi connectivity index (χ0) is 19.2. The SMILES string of the molecule is Cc1cccc(Nc2ccc([N+](=O)[O-])cc2NC=C(C#N)c2nn[nH]n2)c1. The second-order valence-corrected chi connectivity index (χ2v) is 5.53. The van der Waals surface area contributed by atoms with Gasteiger partial charge in [-0.2, -0.15) is 10.5 Å². The Morgan fingerprint density at radius 2 is 2.15 bits per heavy atom. The standard InChI is InChI=1S/C17H14N8O2/c1-11-3-2-4-13(7-11)20-15-6-5-14(25(26)27)8-16(15)19-10-12(9-18)17-21-23-24-22-17/h2-8,10,19-20H,1H3,(H,21,22,23,24). The van der Waals surface area contributed by atoms with Gasteiger partial charge in [-0.25, -0.2) is 0 Å². The summed E-state index contributed by atoms with van der Waals surface area (Å²) in [4.78, 5) is 10.6. The van der Waals surface area contributed by atoms with E-state index in [1.807, 2.05) is 37.3 Å². The summed E-state index contributed by atoms with van der Waals surface area (Å²) in [5.74, 6) is 0.114. The van der Waals surface area contributed by atoms with Crippen LogP contribution in [0, 0.1) is 28.4 Å². The van der Waals surface area contributed by atoms with Gasteiger partial charge in [0.25, 0.3) is 5.69 Å². The van der Waals surface area contributed by atoms with Gasteiger partial charge in [0, 0.05) is 24.0 Å². The number of nitriles is 1. The molecule has 10 nitrogen and oxygen atoms in total. The number of nitro benzene ring substituents is 1. The number of non-ortho nitro benzene ring substituents is 1. The van der Waals surface area contributed by atoms with E-state index in [9.17, 15) is 15.4 Å². The van der Waals surface area contributed by atoms with Crippen LogP contribution in [-0.2, 0) is 0 Å². The van der Waals surface area contributed by atoms with E-state index in [4.69, 9.17) is 0 Å². The molecule has 0 saturated heterocycles. The molecule has 0 radical (unpaired) electrons. The molecule has 0 spiro atoms. The van der Waals surface area contributed by atoms with Crippen LogP contribution in [-0.4, -0.2) is 25.5 Å². The summed E-state index contributed by atoms with van der Waals surface area (Å²) in [6.07, 6.45) is 1.37. The Balaban J connectivity index is 1.94. The van der Waals surface area contributed by atoms with Gasteiger partial charge in [-0.05, 0) is 35.9 Å². The molecule has 3 aromatic rings. The Kier molecular flexibility index (Phi) is 5.04. The summed E-state index contributed by atoms with van der Waals surface area (Å²) in [6.45, 7) is 1.97. The van der Waals surface area contributed by atoms with Gasteiger partial charge in [-0.15, -0.1) is 10.2 Å². The summed E-state index contributed by atoms with van der Waals surface area (Å²) in [6, 6.07) is 14.0. The average molecular weight is 362 g/mol. The van der Waals surface area contributed by atoms with Gasteiger partial charge in [0.05, 0.1) is 16.3 Å². The van der Waals surface area contributed by atoms with Gasteiger partial charge in [0.15, 0.2) is 0 Å². The molecule has 0 atom stereocenters. The molecule has 27 heavy (non-hydrogen) atoms. The number of H-pyrrole nitrogens is 1. The Hall–Kier alpha value is -4.26. The zero-order valence-electron chi connectivity index (χ0n) is 14.2. The van der Waals surface area contributed by atoms with Crippen molar-refractivity contribution in [1.29, 1.82) is 5.26 Å².